The van der Waals surface area contributed by atoms with E-state index in [1.54, 1.807) is 0 Å². The molecule has 0 atom stereocenters. The number of benzene rings is 3. The molecule has 3 rings (SSSR count). The van der Waals surface area contributed by atoms with Crippen LogP contribution in [0.25, 0.3) is 0 Å². The summed E-state index contributed by atoms with van der Waals surface area (Å²) in [6.45, 7) is 0.281. The standard InChI is InChI=1S/C22H19FN2O2/c23-18-11-13-19(14-12-18)25-22(27)21(26)24-15-20(16-7-3-1-4-8-16)17-9-5-2-6-10-17/h1-14,20H,15H2,(H,24,26)(H,25,27). The maximum Gasteiger partial charge on any atom is 0.313 e. The van der Waals surface area contributed by atoms with Crippen molar-refractivity contribution in [3.8, 4) is 0 Å². The van der Waals surface area contributed by atoms with E-state index in [-0.39, 0.29) is 12.5 Å². The Kier molecular flexibility index (Phi) is 5.94. The van der Waals surface area contributed by atoms with Gasteiger partial charge in [-0.2, -0.15) is 0 Å². The summed E-state index contributed by atoms with van der Waals surface area (Å²) in [5.74, 6) is -2.02. The number of halogens is 1. The van der Waals surface area contributed by atoms with E-state index in [4.69, 9.17) is 0 Å². The largest absolute Gasteiger partial charge is 0.347 e. The Morgan fingerprint density at radius 3 is 1.78 bits per heavy atom. The van der Waals surface area contributed by atoms with Crippen LogP contribution in [0, 0.1) is 5.82 Å². The molecule has 0 aliphatic rings. The fraction of sp³-hybridized carbons (Fsp3) is 0.0909. The highest BCUT2D eigenvalue weighted by Crippen LogP contribution is 2.23. The van der Waals surface area contributed by atoms with E-state index < -0.39 is 17.6 Å². The van der Waals surface area contributed by atoms with Crippen LogP contribution in [-0.4, -0.2) is 18.4 Å². The van der Waals surface area contributed by atoms with Crippen LogP contribution in [0.4, 0.5) is 10.1 Å². The van der Waals surface area contributed by atoms with Crippen LogP contribution in [-0.2, 0) is 9.59 Å². The average Bonchev–Trinajstić information content (AvgIpc) is 2.71. The molecule has 2 N–H and O–H groups in total. The minimum atomic E-state index is -0.790. The number of hydrogen-bond acceptors (Lipinski definition) is 2. The number of carbonyl (C=O) groups excluding carboxylic acids is 2. The summed E-state index contributed by atoms with van der Waals surface area (Å²) in [6, 6.07) is 24.8. The number of carbonyl (C=O) groups is 2. The van der Waals surface area contributed by atoms with E-state index in [0.717, 1.165) is 11.1 Å². The molecule has 0 aromatic heterocycles. The van der Waals surface area contributed by atoms with E-state index >= 15 is 0 Å². The first kappa shape index (κ1) is 18.3. The Labute approximate surface area is 157 Å². The minimum Gasteiger partial charge on any atom is -0.347 e. The lowest BCUT2D eigenvalue weighted by Crippen LogP contribution is -2.37. The number of amides is 2. The van der Waals surface area contributed by atoms with Crippen LogP contribution in [0.1, 0.15) is 17.0 Å². The van der Waals surface area contributed by atoms with Crippen LogP contribution < -0.4 is 10.6 Å². The summed E-state index contributed by atoms with van der Waals surface area (Å²) in [4.78, 5) is 24.3. The highest BCUT2D eigenvalue weighted by Gasteiger charge is 2.18. The van der Waals surface area contributed by atoms with Crippen LogP contribution in [0.2, 0.25) is 0 Å². The summed E-state index contributed by atoms with van der Waals surface area (Å²) in [7, 11) is 0. The quantitative estimate of drug-likeness (QED) is 0.680. The van der Waals surface area contributed by atoms with Gasteiger partial charge in [-0.25, -0.2) is 4.39 Å². The molecule has 0 aliphatic heterocycles. The van der Waals surface area contributed by atoms with Gasteiger partial charge in [0, 0.05) is 18.2 Å². The van der Waals surface area contributed by atoms with E-state index in [1.165, 1.54) is 24.3 Å². The first-order chi connectivity index (χ1) is 13.1. The van der Waals surface area contributed by atoms with Crippen LogP contribution in [0.3, 0.4) is 0 Å². The fourth-order valence-corrected chi connectivity index (χ4v) is 2.79. The molecule has 136 valence electrons. The highest BCUT2D eigenvalue weighted by atomic mass is 19.1. The van der Waals surface area contributed by atoms with Gasteiger partial charge in [0.15, 0.2) is 0 Å². The zero-order chi connectivity index (χ0) is 19.1. The van der Waals surface area contributed by atoms with Crippen molar-refractivity contribution >= 4 is 17.5 Å². The third-order valence-corrected chi connectivity index (χ3v) is 4.18. The number of nitrogens with one attached hydrogen (secondary N) is 2. The molecular weight excluding hydrogens is 343 g/mol. The zero-order valence-electron chi connectivity index (χ0n) is 14.6. The topological polar surface area (TPSA) is 58.2 Å². The molecule has 0 saturated heterocycles. The third kappa shape index (κ3) is 5.01. The predicted molar refractivity (Wildman–Crippen MR) is 103 cm³/mol. The second-order valence-corrected chi connectivity index (χ2v) is 6.04. The Bertz CT molecular complexity index is 857. The van der Waals surface area contributed by atoms with Crippen LogP contribution in [0.15, 0.2) is 84.9 Å². The predicted octanol–water partition coefficient (Wildman–Crippen LogP) is 3.71. The lowest BCUT2D eigenvalue weighted by molar-refractivity contribution is -0.136. The van der Waals surface area contributed by atoms with Crippen LogP contribution >= 0.6 is 0 Å². The van der Waals surface area contributed by atoms with Crippen molar-refractivity contribution < 1.29 is 14.0 Å². The van der Waals surface area contributed by atoms with Gasteiger partial charge >= 0.3 is 11.8 Å². The van der Waals surface area contributed by atoms with Gasteiger partial charge in [-0.05, 0) is 35.4 Å². The van der Waals surface area contributed by atoms with Crippen molar-refractivity contribution in [3.63, 3.8) is 0 Å². The molecule has 0 aliphatic carbocycles. The molecule has 0 spiro atoms. The molecule has 4 nitrogen and oxygen atoms in total. The Hall–Kier alpha value is -3.47. The van der Waals surface area contributed by atoms with Crippen molar-refractivity contribution in [3.05, 3.63) is 102 Å². The normalized spacial score (nSPS) is 10.4. The zero-order valence-corrected chi connectivity index (χ0v) is 14.6. The van der Waals surface area contributed by atoms with E-state index in [1.807, 2.05) is 60.7 Å². The lowest BCUT2D eigenvalue weighted by Gasteiger charge is -2.18. The van der Waals surface area contributed by atoms with Gasteiger partial charge in [0.25, 0.3) is 0 Å². The van der Waals surface area contributed by atoms with Gasteiger partial charge < -0.3 is 10.6 Å². The molecule has 27 heavy (non-hydrogen) atoms. The number of rotatable bonds is 5. The summed E-state index contributed by atoms with van der Waals surface area (Å²) in [5, 5.41) is 5.14. The second kappa shape index (κ2) is 8.76. The second-order valence-electron chi connectivity index (χ2n) is 6.04. The molecule has 0 radical (unpaired) electrons. The molecule has 3 aromatic rings. The summed E-state index contributed by atoms with van der Waals surface area (Å²) < 4.78 is 12.9. The monoisotopic (exact) mass is 362 g/mol. The maximum atomic E-state index is 12.9. The fourth-order valence-electron chi connectivity index (χ4n) is 2.79. The Morgan fingerprint density at radius 2 is 1.26 bits per heavy atom. The third-order valence-electron chi connectivity index (χ3n) is 4.18. The van der Waals surface area contributed by atoms with Gasteiger partial charge in [0.05, 0.1) is 0 Å². The Morgan fingerprint density at radius 1 is 0.741 bits per heavy atom. The van der Waals surface area contributed by atoms with E-state index in [9.17, 15) is 14.0 Å². The average molecular weight is 362 g/mol. The van der Waals surface area contributed by atoms with Crippen molar-refractivity contribution in [1.82, 2.24) is 5.32 Å². The summed E-state index contributed by atoms with van der Waals surface area (Å²) >= 11 is 0. The van der Waals surface area contributed by atoms with Crippen molar-refractivity contribution in [1.29, 1.82) is 0 Å². The van der Waals surface area contributed by atoms with Crippen molar-refractivity contribution in [2.75, 3.05) is 11.9 Å². The van der Waals surface area contributed by atoms with Gasteiger partial charge in [0.2, 0.25) is 0 Å². The first-order valence-electron chi connectivity index (χ1n) is 8.58. The molecular formula is C22H19FN2O2. The van der Waals surface area contributed by atoms with Crippen molar-refractivity contribution in [2.45, 2.75) is 5.92 Å². The van der Waals surface area contributed by atoms with E-state index in [0.29, 0.717) is 5.69 Å². The van der Waals surface area contributed by atoms with Gasteiger partial charge in [0.1, 0.15) is 5.82 Å². The molecule has 0 unspecified atom stereocenters. The number of hydrogen-bond donors (Lipinski definition) is 2. The molecule has 0 fully saturated rings. The summed E-state index contributed by atoms with van der Waals surface area (Å²) in [6.07, 6.45) is 0. The number of anilines is 1. The lowest BCUT2D eigenvalue weighted by atomic mass is 9.91. The molecule has 2 amide bonds. The molecule has 5 heteroatoms. The first-order valence-corrected chi connectivity index (χ1v) is 8.58. The molecule has 0 heterocycles. The van der Waals surface area contributed by atoms with E-state index in [2.05, 4.69) is 10.6 Å². The van der Waals surface area contributed by atoms with Gasteiger partial charge in [-0.15, -0.1) is 0 Å². The van der Waals surface area contributed by atoms with Gasteiger partial charge in [-0.3, -0.25) is 9.59 Å². The Balaban J connectivity index is 1.67. The van der Waals surface area contributed by atoms with Gasteiger partial charge in [-0.1, -0.05) is 60.7 Å². The smallest absolute Gasteiger partial charge is 0.313 e. The highest BCUT2D eigenvalue weighted by molar-refractivity contribution is 6.39. The SMILES string of the molecule is O=C(NCC(c1ccccc1)c1ccccc1)C(=O)Nc1ccc(F)cc1. The molecule has 0 bridgehead atoms. The van der Waals surface area contributed by atoms with Crippen LogP contribution in [0.5, 0.6) is 0 Å². The summed E-state index contributed by atoms with van der Waals surface area (Å²) in [5.41, 5.74) is 2.45. The maximum absolute atomic E-state index is 12.9. The minimum absolute atomic E-state index is 0.0741. The van der Waals surface area contributed by atoms with Crippen molar-refractivity contribution in [2.24, 2.45) is 0 Å². The molecule has 3 aromatic carbocycles. The molecule has 0 saturated carbocycles.